The molecule has 32 heavy (non-hydrogen) atoms. The molecule has 0 unspecified atom stereocenters. The molecule has 164 valence electrons. The minimum atomic E-state index is -3.59. The third-order valence-corrected chi connectivity index (χ3v) is 7.60. The predicted molar refractivity (Wildman–Crippen MR) is 127 cm³/mol. The van der Waals surface area contributed by atoms with Crippen LogP contribution < -0.4 is 4.74 Å². The number of thioether (sulfide) groups is 1. The Labute approximate surface area is 198 Å². The monoisotopic (exact) mass is 508 g/mol. The summed E-state index contributed by atoms with van der Waals surface area (Å²) in [7, 11) is -3.59. The number of nitrogens with one attached hydrogen (secondary N) is 1. The van der Waals surface area contributed by atoms with Crippen LogP contribution >= 0.6 is 35.0 Å². The number of ether oxygens (including phenoxy) is 1. The smallest absolute Gasteiger partial charge is 0.283 e. The minimum Gasteiger partial charge on any atom is -0.487 e. The van der Waals surface area contributed by atoms with E-state index in [0.717, 1.165) is 28.6 Å². The fourth-order valence-electron chi connectivity index (χ4n) is 2.79. The number of benzene rings is 2. The number of sulfone groups is 1. The van der Waals surface area contributed by atoms with Crippen molar-refractivity contribution in [2.75, 3.05) is 6.26 Å². The molecule has 0 aromatic heterocycles. The molecule has 2 aromatic carbocycles. The van der Waals surface area contributed by atoms with Crippen LogP contribution in [0.2, 0.25) is 10.0 Å². The van der Waals surface area contributed by atoms with Gasteiger partial charge >= 0.3 is 0 Å². The van der Waals surface area contributed by atoms with Crippen LogP contribution in [0.25, 0.3) is 6.08 Å². The molecule has 12 heteroatoms. The maximum atomic E-state index is 12.4. The lowest BCUT2D eigenvalue weighted by molar-refractivity contribution is -0.114. The van der Waals surface area contributed by atoms with Gasteiger partial charge in [0, 0.05) is 16.8 Å². The first kappa shape index (κ1) is 22.5. The highest BCUT2D eigenvalue weighted by atomic mass is 35.5. The van der Waals surface area contributed by atoms with E-state index in [1.807, 2.05) is 18.2 Å². The number of carbonyl (C=O) groups excluding carboxylic acids is 1. The summed E-state index contributed by atoms with van der Waals surface area (Å²) in [4.78, 5) is 16.3. The Morgan fingerprint density at radius 2 is 1.94 bits per heavy atom. The Hall–Kier alpha value is -2.66. The van der Waals surface area contributed by atoms with E-state index in [2.05, 4.69) is 10.1 Å². The lowest BCUT2D eigenvalue weighted by Gasteiger charge is -2.20. The van der Waals surface area contributed by atoms with E-state index in [1.165, 1.54) is 6.08 Å². The zero-order valence-corrected chi connectivity index (χ0v) is 19.5. The molecule has 2 heterocycles. The van der Waals surface area contributed by atoms with Gasteiger partial charge in [0.2, 0.25) is 19.4 Å². The number of hydrazone groups is 1. The summed E-state index contributed by atoms with van der Waals surface area (Å²) in [5, 5.41) is 14.1. The molecule has 2 aliphatic rings. The molecule has 0 radical (unpaired) electrons. The summed E-state index contributed by atoms with van der Waals surface area (Å²) in [6, 6.07) is 12.2. The molecule has 0 saturated carbocycles. The number of fused-ring (bicyclic) bond motifs is 1. The van der Waals surface area contributed by atoms with E-state index < -0.39 is 15.7 Å². The average molecular weight is 509 g/mol. The van der Waals surface area contributed by atoms with E-state index in [1.54, 1.807) is 24.3 Å². The summed E-state index contributed by atoms with van der Waals surface area (Å²) in [5.74, 6) is -0.521. The summed E-state index contributed by atoms with van der Waals surface area (Å²) < 4.78 is 29.0. The molecule has 8 nitrogen and oxygen atoms in total. The van der Waals surface area contributed by atoms with E-state index in [-0.39, 0.29) is 27.6 Å². The van der Waals surface area contributed by atoms with Crippen molar-refractivity contribution in [3.05, 3.63) is 69.2 Å². The molecule has 2 aromatic rings. The third kappa shape index (κ3) is 4.58. The standard InChI is InChI=1S/C20H14Cl2N4O4S2/c1-32(28,29)20-25-26-17(23)13(18(27)24-19(26)31-20)8-11-6-7-16(15(22)9-11)30-10-12-4-2-3-5-14(12)21/h2-9,23H,10H2,1H3/b13-8+,23-17?. The Morgan fingerprint density at radius 3 is 2.62 bits per heavy atom. The Kier molecular flexibility index (Phi) is 6.13. The van der Waals surface area contributed by atoms with Crippen molar-refractivity contribution in [3.8, 4) is 5.75 Å². The number of carbonyl (C=O) groups is 1. The van der Waals surface area contributed by atoms with E-state index in [9.17, 15) is 13.2 Å². The minimum absolute atomic E-state index is 0.0268. The van der Waals surface area contributed by atoms with Gasteiger partial charge in [-0.25, -0.2) is 8.42 Å². The second kappa shape index (κ2) is 8.70. The first-order valence-electron chi connectivity index (χ1n) is 8.99. The second-order valence-electron chi connectivity index (χ2n) is 6.73. The molecule has 0 spiro atoms. The van der Waals surface area contributed by atoms with Gasteiger partial charge in [0.1, 0.15) is 12.4 Å². The van der Waals surface area contributed by atoms with Gasteiger partial charge in [0.05, 0.1) is 10.6 Å². The summed E-state index contributed by atoms with van der Waals surface area (Å²) in [5.41, 5.74) is 1.29. The van der Waals surface area contributed by atoms with Crippen molar-refractivity contribution in [2.45, 2.75) is 6.61 Å². The number of rotatable bonds is 4. The fraction of sp³-hybridized carbons (Fsp3) is 0.100. The van der Waals surface area contributed by atoms with Crippen LogP contribution in [0, 0.1) is 5.41 Å². The molecule has 1 amide bonds. The molecule has 2 aliphatic heterocycles. The highest BCUT2D eigenvalue weighted by Gasteiger charge is 2.38. The molecule has 1 N–H and O–H groups in total. The summed E-state index contributed by atoms with van der Waals surface area (Å²) in [6.07, 6.45) is 2.44. The number of nitrogens with zero attached hydrogens (tertiary/aromatic N) is 3. The van der Waals surface area contributed by atoms with E-state index in [0.29, 0.717) is 21.4 Å². The van der Waals surface area contributed by atoms with Crippen LogP contribution in [0.3, 0.4) is 0 Å². The van der Waals surface area contributed by atoms with Crippen LogP contribution in [-0.2, 0) is 21.2 Å². The van der Waals surface area contributed by atoms with E-state index in [4.69, 9.17) is 33.3 Å². The second-order valence-corrected chi connectivity index (χ2v) is 10.7. The molecule has 0 aliphatic carbocycles. The molecule has 4 rings (SSSR count). The number of amidine groups is 2. The van der Waals surface area contributed by atoms with Crippen LogP contribution in [0.5, 0.6) is 5.75 Å². The molecular weight excluding hydrogens is 495 g/mol. The number of hydrogen-bond acceptors (Lipinski definition) is 7. The van der Waals surface area contributed by atoms with Gasteiger partial charge in [-0.05, 0) is 41.6 Å². The van der Waals surface area contributed by atoms with E-state index >= 15 is 0 Å². The topological polar surface area (TPSA) is 112 Å². The highest BCUT2D eigenvalue weighted by Crippen LogP contribution is 2.32. The van der Waals surface area contributed by atoms with Crippen LogP contribution in [0.4, 0.5) is 0 Å². The van der Waals surface area contributed by atoms with Crippen molar-refractivity contribution in [1.29, 1.82) is 5.41 Å². The van der Waals surface area contributed by atoms with Crippen LogP contribution in [0.15, 0.2) is 58.1 Å². The van der Waals surface area contributed by atoms with Gasteiger partial charge in [-0.3, -0.25) is 10.2 Å². The number of halogens is 2. The maximum absolute atomic E-state index is 12.4. The Morgan fingerprint density at radius 1 is 1.19 bits per heavy atom. The fourth-order valence-corrected chi connectivity index (χ4v) is 4.90. The van der Waals surface area contributed by atoms with Gasteiger partial charge in [-0.15, -0.1) is 5.10 Å². The van der Waals surface area contributed by atoms with Gasteiger partial charge in [0.15, 0.2) is 5.84 Å². The van der Waals surface area contributed by atoms with Gasteiger partial charge in [0.25, 0.3) is 5.91 Å². The quantitative estimate of drug-likeness (QED) is 0.619. The predicted octanol–water partition coefficient (Wildman–Crippen LogP) is 4.19. The normalized spacial score (nSPS) is 17.3. The average Bonchev–Trinajstić information content (AvgIpc) is 3.16. The summed E-state index contributed by atoms with van der Waals surface area (Å²) in [6.45, 7) is 0.230. The maximum Gasteiger partial charge on any atom is 0.283 e. The van der Waals surface area contributed by atoms with Crippen molar-refractivity contribution < 1.29 is 17.9 Å². The highest BCUT2D eigenvalue weighted by molar-refractivity contribution is 8.42. The molecular formula is C20H14Cl2N4O4S2. The zero-order valence-electron chi connectivity index (χ0n) is 16.4. The number of hydrogen-bond donors (Lipinski definition) is 1. The summed E-state index contributed by atoms with van der Waals surface area (Å²) >= 11 is 13.2. The van der Waals surface area contributed by atoms with Gasteiger partial charge in [-0.2, -0.15) is 10.0 Å². The lowest BCUT2D eigenvalue weighted by Crippen LogP contribution is -2.35. The van der Waals surface area contributed by atoms with Crippen molar-refractivity contribution in [1.82, 2.24) is 5.01 Å². The van der Waals surface area contributed by atoms with Gasteiger partial charge in [-0.1, -0.05) is 47.5 Å². The lowest BCUT2D eigenvalue weighted by atomic mass is 10.1. The van der Waals surface area contributed by atoms with Crippen LogP contribution in [-0.4, -0.2) is 41.0 Å². The van der Waals surface area contributed by atoms with Crippen molar-refractivity contribution >= 4 is 72.2 Å². The van der Waals surface area contributed by atoms with Crippen molar-refractivity contribution in [2.24, 2.45) is 10.1 Å². The largest absolute Gasteiger partial charge is 0.487 e. The van der Waals surface area contributed by atoms with Crippen molar-refractivity contribution in [3.63, 3.8) is 0 Å². The molecule has 0 saturated heterocycles. The number of aliphatic imine (C=N–C) groups is 1. The van der Waals surface area contributed by atoms with Gasteiger partial charge < -0.3 is 4.74 Å². The Balaban J connectivity index is 1.56. The first-order valence-corrected chi connectivity index (χ1v) is 12.5. The third-order valence-electron chi connectivity index (χ3n) is 4.36. The molecule has 0 bridgehead atoms. The Bertz CT molecular complexity index is 1350. The SMILES string of the molecule is CS(=O)(=O)C1=NN2C(=N)/C(=C\c3ccc(OCc4ccccc4Cl)c(Cl)c3)C(=O)N=C2S1. The molecule has 0 fully saturated rings. The number of amides is 1. The molecule has 0 atom stereocenters. The zero-order chi connectivity index (χ0) is 23.0. The van der Waals surface area contributed by atoms with Crippen LogP contribution in [0.1, 0.15) is 11.1 Å². The first-order chi connectivity index (χ1) is 15.1.